The Morgan fingerprint density at radius 3 is 2.63 bits per heavy atom. The minimum absolute atomic E-state index is 0.170. The van der Waals surface area contributed by atoms with E-state index < -0.39 is 0 Å². The molecule has 0 amide bonds. The summed E-state index contributed by atoms with van der Waals surface area (Å²) in [6, 6.07) is 25.0. The number of rotatable bonds is 4. The first kappa shape index (κ1) is 17.9. The third kappa shape index (κ3) is 3.04. The van der Waals surface area contributed by atoms with Crippen molar-refractivity contribution in [1.29, 1.82) is 0 Å². The summed E-state index contributed by atoms with van der Waals surface area (Å²) in [6.07, 6.45) is 3.33. The second-order valence-electron chi connectivity index (χ2n) is 6.80. The van der Waals surface area contributed by atoms with Crippen LogP contribution in [0.3, 0.4) is 0 Å². The maximum Gasteiger partial charge on any atom is 0.209 e. The Hall–Kier alpha value is -4.19. The summed E-state index contributed by atoms with van der Waals surface area (Å²) in [7, 11) is 1.62. The van der Waals surface area contributed by atoms with Crippen molar-refractivity contribution in [2.75, 3.05) is 7.11 Å². The number of aromatic nitrogens is 4. The van der Waals surface area contributed by atoms with E-state index in [1.54, 1.807) is 34.9 Å². The van der Waals surface area contributed by atoms with Crippen molar-refractivity contribution in [3.63, 3.8) is 0 Å². The van der Waals surface area contributed by atoms with Crippen molar-refractivity contribution in [2.45, 2.75) is 0 Å². The van der Waals surface area contributed by atoms with Gasteiger partial charge < -0.3 is 4.74 Å². The van der Waals surface area contributed by atoms with Crippen LogP contribution >= 0.6 is 0 Å². The van der Waals surface area contributed by atoms with Crippen LogP contribution < -0.4 is 10.2 Å². The highest BCUT2D eigenvalue weighted by Gasteiger charge is 2.15. The maximum atomic E-state index is 12.7. The highest BCUT2D eigenvalue weighted by molar-refractivity contribution is 5.90. The van der Waals surface area contributed by atoms with Gasteiger partial charge in [-0.25, -0.2) is 9.36 Å². The molecule has 2 heterocycles. The summed E-state index contributed by atoms with van der Waals surface area (Å²) >= 11 is 0. The molecule has 0 aliphatic heterocycles. The van der Waals surface area contributed by atoms with Gasteiger partial charge in [-0.1, -0.05) is 42.5 Å². The molecule has 0 unspecified atom stereocenters. The molecule has 0 N–H and O–H groups in total. The molecule has 0 aliphatic carbocycles. The summed E-state index contributed by atoms with van der Waals surface area (Å²) < 4.78 is 8.74. The van der Waals surface area contributed by atoms with E-state index in [4.69, 9.17) is 4.74 Å². The molecule has 0 aliphatic rings. The lowest BCUT2D eigenvalue weighted by Gasteiger charge is -2.12. The lowest BCUT2D eigenvalue weighted by molar-refractivity contribution is 0.414. The number of benzene rings is 3. The van der Waals surface area contributed by atoms with Gasteiger partial charge in [0.15, 0.2) is 5.69 Å². The fraction of sp³-hybridized carbons (Fsp3) is 0.0417. The van der Waals surface area contributed by atoms with Gasteiger partial charge in [0, 0.05) is 23.7 Å². The van der Waals surface area contributed by atoms with E-state index in [-0.39, 0.29) is 5.43 Å². The fourth-order valence-electron chi connectivity index (χ4n) is 3.55. The van der Waals surface area contributed by atoms with E-state index in [1.807, 2.05) is 54.6 Å². The predicted octanol–water partition coefficient (Wildman–Crippen LogP) is 4.25. The van der Waals surface area contributed by atoms with Gasteiger partial charge in [-0.3, -0.25) is 4.79 Å². The topological polar surface area (TPSA) is 61.9 Å². The third-order valence-electron chi connectivity index (χ3n) is 5.01. The molecule has 0 saturated carbocycles. The predicted molar refractivity (Wildman–Crippen MR) is 116 cm³/mol. The molecule has 5 aromatic rings. The number of methoxy groups -OCH3 is 1. The van der Waals surface area contributed by atoms with Crippen LogP contribution in [0, 0.1) is 0 Å². The van der Waals surface area contributed by atoms with E-state index in [1.165, 1.54) is 6.07 Å². The Morgan fingerprint density at radius 1 is 0.900 bits per heavy atom. The maximum absolute atomic E-state index is 12.7. The Balaban J connectivity index is 1.68. The molecule has 0 fully saturated rings. The van der Waals surface area contributed by atoms with Crippen molar-refractivity contribution in [3.8, 4) is 28.5 Å². The van der Waals surface area contributed by atoms with Gasteiger partial charge in [0.25, 0.3) is 0 Å². The average Bonchev–Trinajstić information content (AvgIpc) is 3.28. The summed E-state index contributed by atoms with van der Waals surface area (Å²) in [4.78, 5) is 12.7. The van der Waals surface area contributed by atoms with Crippen LogP contribution in [0.15, 0.2) is 96.1 Å². The minimum Gasteiger partial charge on any atom is -0.497 e. The standard InChI is InChI=1S/C24H18N4O2/c1-30-19-9-5-8-18(16-19)27-15-13-23(29)24(26-27)22-12-14-25-28(22)21-11-4-7-17-6-2-3-10-20(17)21/h2-16H,1H3. The minimum atomic E-state index is -0.170. The molecule has 6 nitrogen and oxygen atoms in total. The molecule has 0 bridgehead atoms. The molecule has 0 spiro atoms. The molecule has 146 valence electrons. The van der Waals surface area contributed by atoms with Gasteiger partial charge in [0.1, 0.15) is 5.75 Å². The first-order valence-corrected chi connectivity index (χ1v) is 9.51. The monoisotopic (exact) mass is 394 g/mol. The smallest absolute Gasteiger partial charge is 0.209 e. The summed E-state index contributed by atoms with van der Waals surface area (Å²) in [5.74, 6) is 0.718. The van der Waals surface area contributed by atoms with Crippen LogP contribution in [-0.4, -0.2) is 26.7 Å². The second-order valence-corrected chi connectivity index (χ2v) is 6.80. The summed E-state index contributed by atoms with van der Waals surface area (Å²) in [5.41, 5.74) is 2.48. The zero-order valence-electron chi connectivity index (χ0n) is 16.3. The van der Waals surface area contributed by atoms with Crippen LogP contribution in [-0.2, 0) is 0 Å². The van der Waals surface area contributed by atoms with Gasteiger partial charge in [-0.05, 0) is 29.7 Å². The van der Waals surface area contributed by atoms with Gasteiger partial charge >= 0.3 is 0 Å². The van der Waals surface area contributed by atoms with E-state index in [2.05, 4.69) is 22.3 Å². The van der Waals surface area contributed by atoms with E-state index in [0.717, 1.165) is 27.9 Å². The van der Waals surface area contributed by atoms with Gasteiger partial charge in [0.05, 0.1) is 30.4 Å². The molecule has 30 heavy (non-hydrogen) atoms. The van der Waals surface area contributed by atoms with E-state index in [0.29, 0.717) is 11.4 Å². The number of hydrogen-bond acceptors (Lipinski definition) is 4. The van der Waals surface area contributed by atoms with Crippen molar-refractivity contribution in [2.24, 2.45) is 0 Å². The molecule has 0 saturated heterocycles. The number of ether oxygens (including phenoxy) is 1. The number of fused-ring (bicyclic) bond motifs is 1. The zero-order chi connectivity index (χ0) is 20.5. The molecular weight excluding hydrogens is 376 g/mol. The highest BCUT2D eigenvalue weighted by atomic mass is 16.5. The van der Waals surface area contributed by atoms with Crippen LogP contribution in [0.4, 0.5) is 0 Å². The summed E-state index contributed by atoms with van der Waals surface area (Å²) in [5, 5.41) is 11.3. The molecule has 3 aromatic carbocycles. The van der Waals surface area contributed by atoms with Crippen molar-refractivity contribution in [1.82, 2.24) is 19.6 Å². The van der Waals surface area contributed by atoms with Crippen LogP contribution in [0.2, 0.25) is 0 Å². The van der Waals surface area contributed by atoms with E-state index >= 15 is 0 Å². The van der Waals surface area contributed by atoms with Gasteiger partial charge in [-0.15, -0.1) is 0 Å². The van der Waals surface area contributed by atoms with Crippen molar-refractivity contribution >= 4 is 10.8 Å². The molecule has 5 rings (SSSR count). The van der Waals surface area contributed by atoms with Crippen LogP contribution in [0.1, 0.15) is 0 Å². The van der Waals surface area contributed by atoms with E-state index in [9.17, 15) is 4.79 Å². The van der Waals surface area contributed by atoms with Crippen molar-refractivity contribution in [3.05, 3.63) is 101 Å². The van der Waals surface area contributed by atoms with Crippen LogP contribution in [0.25, 0.3) is 33.5 Å². The fourth-order valence-corrected chi connectivity index (χ4v) is 3.55. The molecular formula is C24H18N4O2. The lowest BCUT2D eigenvalue weighted by Crippen LogP contribution is -2.15. The number of hydrogen-bond donors (Lipinski definition) is 0. The summed E-state index contributed by atoms with van der Waals surface area (Å²) in [6.45, 7) is 0. The lowest BCUT2D eigenvalue weighted by atomic mass is 10.1. The molecule has 2 aromatic heterocycles. The molecule has 0 atom stereocenters. The SMILES string of the molecule is COc1cccc(-n2ccc(=O)c(-c3ccnn3-c3cccc4ccccc34)n2)c1. The quantitative estimate of drug-likeness (QED) is 0.457. The number of nitrogens with zero attached hydrogens (tertiary/aromatic N) is 4. The average molecular weight is 394 g/mol. The molecule has 6 heteroatoms. The normalized spacial score (nSPS) is 11.0. The molecule has 0 radical (unpaired) electrons. The zero-order valence-corrected chi connectivity index (χ0v) is 16.3. The van der Waals surface area contributed by atoms with Crippen molar-refractivity contribution < 1.29 is 4.74 Å². The Bertz CT molecular complexity index is 1410. The van der Waals surface area contributed by atoms with Crippen LogP contribution in [0.5, 0.6) is 5.75 Å². The largest absolute Gasteiger partial charge is 0.497 e. The third-order valence-corrected chi connectivity index (χ3v) is 5.01. The second kappa shape index (κ2) is 7.33. The first-order chi connectivity index (χ1) is 14.7. The Labute approximate surface area is 172 Å². The van der Waals surface area contributed by atoms with Gasteiger partial charge in [0.2, 0.25) is 5.43 Å². The Kier molecular flexibility index (Phi) is 4.37. The highest BCUT2D eigenvalue weighted by Crippen LogP contribution is 2.26. The Morgan fingerprint density at radius 2 is 1.73 bits per heavy atom. The van der Waals surface area contributed by atoms with Gasteiger partial charge in [-0.2, -0.15) is 10.2 Å². The first-order valence-electron chi connectivity index (χ1n) is 9.51.